The number of hydrogen-bond donors (Lipinski definition) is 3. The minimum absolute atomic E-state index is 0.145. The normalized spacial score (nSPS) is 9.26. The molecule has 0 saturated heterocycles. The Morgan fingerprint density at radius 3 is 1.52 bits per heavy atom. The van der Waals surface area contributed by atoms with Crippen molar-refractivity contribution in [3.05, 3.63) is 71.8 Å². The van der Waals surface area contributed by atoms with Gasteiger partial charge in [0.2, 0.25) is 0 Å². The molecule has 0 amide bonds. The highest BCUT2D eigenvalue weighted by atomic mass is 16.5. The molecule has 3 N–H and O–H groups in total. The molecule has 0 unspecified atom stereocenters. The van der Waals surface area contributed by atoms with Crippen LogP contribution in [0.15, 0.2) is 60.7 Å². The van der Waals surface area contributed by atoms with Crippen LogP contribution in [-0.4, -0.2) is 47.1 Å². The molecule has 2 aromatic rings. The summed E-state index contributed by atoms with van der Waals surface area (Å²) in [5.74, 6) is -1.76. The minimum Gasteiger partial charge on any atom is -0.478 e. The van der Waals surface area contributed by atoms with Gasteiger partial charge >= 0.3 is 11.9 Å². The number of benzene rings is 2. The Bertz CT molecular complexity index is 558. The van der Waals surface area contributed by atoms with E-state index in [9.17, 15) is 9.59 Å². The number of rotatable bonds is 8. The van der Waals surface area contributed by atoms with Crippen LogP contribution in [0.2, 0.25) is 0 Å². The first-order valence-corrected chi connectivity index (χ1v) is 8.78. The summed E-state index contributed by atoms with van der Waals surface area (Å²) in [5, 5.41) is 25.1. The van der Waals surface area contributed by atoms with E-state index in [1.54, 1.807) is 60.7 Å². The molecule has 6 heteroatoms. The van der Waals surface area contributed by atoms with Crippen molar-refractivity contribution in [1.29, 1.82) is 0 Å². The topological polar surface area (TPSA) is 104 Å². The predicted octanol–water partition coefficient (Wildman–Crippen LogP) is 3.96. The van der Waals surface area contributed by atoms with Crippen molar-refractivity contribution in [1.82, 2.24) is 0 Å². The molecular formula is C21H28O6. The fourth-order valence-corrected chi connectivity index (χ4v) is 1.78. The lowest BCUT2D eigenvalue weighted by molar-refractivity contribution is 0.0686. The highest BCUT2D eigenvalue weighted by Crippen LogP contribution is 1.97. The first-order valence-electron chi connectivity index (χ1n) is 8.78. The van der Waals surface area contributed by atoms with Crippen molar-refractivity contribution in [2.75, 3.05) is 19.8 Å². The molecule has 0 fully saturated rings. The van der Waals surface area contributed by atoms with Gasteiger partial charge in [-0.2, -0.15) is 0 Å². The summed E-state index contributed by atoms with van der Waals surface area (Å²) in [7, 11) is 0. The SMILES string of the molecule is CCCCCOCCO.O=C(O)c1ccccc1.O=C(O)c1ccccc1. The quantitative estimate of drug-likeness (QED) is 0.603. The van der Waals surface area contributed by atoms with Gasteiger partial charge in [0.1, 0.15) is 0 Å². The lowest BCUT2D eigenvalue weighted by Gasteiger charge is -1.98. The van der Waals surface area contributed by atoms with Gasteiger partial charge in [-0.1, -0.05) is 56.2 Å². The van der Waals surface area contributed by atoms with Gasteiger partial charge in [-0.15, -0.1) is 0 Å². The van der Waals surface area contributed by atoms with Gasteiger partial charge < -0.3 is 20.1 Å². The molecule has 2 rings (SSSR count). The minimum atomic E-state index is -0.879. The maximum absolute atomic E-state index is 10.2. The standard InChI is InChI=1S/2C7H6O2.C7H16O2/c2*8-7(9)6-4-2-1-3-5-6;1-2-3-4-6-9-7-5-8/h2*1-5H,(H,8,9);8H,2-7H2,1H3. The zero-order valence-electron chi connectivity index (χ0n) is 15.6. The molecule has 27 heavy (non-hydrogen) atoms. The number of unbranched alkanes of at least 4 members (excludes halogenated alkanes) is 2. The molecular weight excluding hydrogens is 348 g/mol. The Balaban J connectivity index is 0.000000376. The molecule has 0 bridgehead atoms. The second-order valence-corrected chi connectivity index (χ2v) is 5.39. The lowest BCUT2D eigenvalue weighted by atomic mass is 10.2. The molecule has 0 aliphatic heterocycles. The predicted molar refractivity (Wildman–Crippen MR) is 104 cm³/mol. The van der Waals surface area contributed by atoms with Gasteiger partial charge in [-0.3, -0.25) is 0 Å². The zero-order chi connectivity index (χ0) is 20.3. The number of hydrogen-bond acceptors (Lipinski definition) is 4. The van der Waals surface area contributed by atoms with Crippen LogP contribution >= 0.6 is 0 Å². The molecule has 0 saturated carbocycles. The summed E-state index contributed by atoms with van der Waals surface area (Å²) in [5.41, 5.74) is 0.662. The third-order valence-corrected chi connectivity index (χ3v) is 3.17. The number of aliphatic hydroxyl groups is 1. The Labute approximate surface area is 160 Å². The fourth-order valence-electron chi connectivity index (χ4n) is 1.78. The van der Waals surface area contributed by atoms with Crippen LogP contribution in [0, 0.1) is 0 Å². The van der Waals surface area contributed by atoms with Crippen molar-refractivity contribution in [3.63, 3.8) is 0 Å². The molecule has 0 atom stereocenters. The molecule has 0 aliphatic rings. The van der Waals surface area contributed by atoms with Crippen LogP contribution in [0.4, 0.5) is 0 Å². The Kier molecular flexibility index (Phi) is 15.1. The van der Waals surface area contributed by atoms with Gasteiger partial charge in [-0.05, 0) is 30.7 Å². The van der Waals surface area contributed by atoms with Crippen LogP contribution in [0.1, 0.15) is 46.9 Å². The van der Waals surface area contributed by atoms with Crippen LogP contribution in [-0.2, 0) is 4.74 Å². The van der Waals surface area contributed by atoms with Gasteiger partial charge in [0, 0.05) is 6.61 Å². The zero-order valence-corrected chi connectivity index (χ0v) is 15.6. The lowest BCUT2D eigenvalue weighted by Crippen LogP contribution is -2.00. The first kappa shape index (κ1) is 24.3. The number of aliphatic hydroxyl groups excluding tert-OH is 1. The van der Waals surface area contributed by atoms with Gasteiger partial charge in [0.05, 0.1) is 24.3 Å². The average molecular weight is 376 g/mol. The van der Waals surface area contributed by atoms with Crippen molar-refractivity contribution < 1.29 is 29.6 Å². The second-order valence-electron chi connectivity index (χ2n) is 5.39. The number of carbonyl (C=O) groups is 2. The molecule has 2 aromatic carbocycles. The largest absolute Gasteiger partial charge is 0.478 e. The molecule has 148 valence electrons. The summed E-state index contributed by atoms with van der Waals surface area (Å²) in [6.45, 7) is 3.59. The molecule has 0 spiro atoms. The molecule has 0 heterocycles. The molecule has 0 radical (unpaired) electrons. The van der Waals surface area contributed by atoms with Gasteiger partial charge in [0.25, 0.3) is 0 Å². The second kappa shape index (κ2) is 16.8. The van der Waals surface area contributed by atoms with E-state index >= 15 is 0 Å². The fraction of sp³-hybridized carbons (Fsp3) is 0.333. The van der Waals surface area contributed by atoms with E-state index < -0.39 is 11.9 Å². The van der Waals surface area contributed by atoms with Crippen molar-refractivity contribution in [3.8, 4) is 0 Å². The summed E-state index contributed by atoms with van der Waals surface area (Å²) >= 11 is 0. The van der Waals surface area contributed by atoms with E-state index in [1.165, 1.54) is 12.8 Å². The number of carboxylic acid groups (broad SMARTS) is 2. The molecule has 6 nitrogen and oxygen atoms in total. The van der Waals surface area contributed by atoms with E-state index in [1.807, 2.05) is 0 Å². The van der Waals surface area contributed by atoms with Crippen molar-refractivity contribution >= 4 is 11.9 Å². The molecule has 0 aromatic heterocycles. The van der Waals surface area contributed by atoms with E-state index in [0.717, 1.165) is 13.0 Å². The van der Waals surface area contributed by atoms with E-state index in [0.29, 0.717) is 17.7 Å². The van der Waals surface area contributed by atoms with Crippen molar-refractivity contribution in [2.24, 2.45) is 0 Å². The Hall–Kier alpha value is -2.70. The summed E-state index contributed by atoms with van der Waals surface area (Å²) < 4.78 is 5.03. The summed E-state index contributed by atoms with van der Waals surface area (Å²) in [6.07, 6.45) is 3.57. The monoisotopic (exact) mass is 376 g/mol. The van der Waals surface area contributed by atoms with Crippen LogP contribution in [0.25, 0.3) is 0 Å². The number of aromatic carboxylic acids is 2. The highest BCUT2D eigenvalue weighted by molar-refractivity contribution is 5.87. The van der Waals surface area contributed by atoms with Crippen LogP contribution in [0.3, 0.4) is 0 Å². The smallest absolute Gasteiger partial charge is 0.335 e. The van der Waals surface area contributed by atoms with Crippen LogP contribution < -0.4 is 0 Å². The summed E-state index contributed by atoms with van der Waals surface area (Å²) in [4.78, 5) is 20.4. The van der Waals surface area contributed by atoms with Crippen LogP contribution in [0.5, 0.6) is 0 Å². The van der Waals surface area contributed by atoms with Gasteiger partial charge in [0.15, 0.2) is 0 Å². The maximum atomic E-state index is 10.2. The van der Waals surface area contributed by atoms with E-state index in [2.05, 4.69) is 6.92 Å². The van der Waals surface area contributed by atoms with Crippen molar-refractivity contribution in [2.45, 2.75) is 26.2 Å². The maximum Gasteiger partial charge on any atom is 0.335 e. The van der Waals surface area contributed by atoms with Gasteiger partial charge in [-0.25, -0.2) is 9.59 Å². The Morgan fingerprint density at radius 1 is 0.778 bits per heavy atom. The van der Waals surface area contributed by atoms with E-state index in [4.69, 9.17) is 20.1 Å². The molecule has 0 aliphatic carbocycles. The average Bonchev–Trinajstić information content (AvgIpc) is 2.70. The third-order valence-electron chi connectivity index (χ3n) is 3.17. The highest BCUT2D eigenvalue weighted by Gasteiger charge is 1.97. The number of carboxylic acids is 2. The first-order chi connectivity index (χ1) is 13.0. The summed E-state index contributed by atoms with van der Waals surface area (Å²) in [6, 6.07) is 16.6. The number of ether oxygens (including phenoxy) is 1. The Morgan fingerprint density at radius 2 is 1.22 bits per heavy atom. The third kappa shape index (κ3) is 14.2. The van der Waals surface area contributed by atoms with E-state index in [-0.39, 0.29) is 6.61 Å².